The first-order valence-electron chi connectivity index (χ1n) is 7.50. The molecule has 0 saturated heterocycles. The van der Waals surface area contributed by atoms with E-state index in [0.717, 1.165) is 33.5 Å². The van der Waals surface area contributed by atoms with Crippen LogP contribution in [0.2, 0.25) is 0 Å². The van der Waals surface area contributed by atoms with Crippen molar-refractivity contribution in [3.63, 3.8) is 0 Å². The number of rotatable bonds is 5. The van der Waals surface area contributed by atoms with E-state index in [1.807, 2.05) is 43.6 Å². The fourth-order valence-electron chi connectivity index (χ4n) is 2.56. The molecule has 0 aliphatic carbocycles. The van der Waals surface area contributed by atoms with E-state index in [9.17, 15) is 4.79 Å². The average molecular weight is 322 g/mol. The summed E-state index contributed by atoms with van der Waals surface area (Å²) in [6, 6.07) is 12.6. The van der Waals surface area contributed by atoms with E-state index in [2.05, 4.69) is 10.3 Å². The lowest BCUT2D eigenvalue weighted by Gasteiger charge is -2.05. The Morgan fingerprint density at radius 3 is 2.83 bits per heavy atom. The van der Waals surface area contributed by atoms with Crippen molar-refractivity contribution in [2.24, 2.45) is 0 Å². The van der Waals surface area contributed by atoms with Gasteiger partial charge in [0.2, 0.25) is 0 Å². The molecule has 5 nitrogen and oxygen atoms in total. The predicted molar refractivity (Wildman–Crippen MR) is 95.5 cm³/mol. The number of benzene rings is 2. The number of ether oxygens (including phenoxy) is 1. The van der Waals surface area contributed by atoms with Crippen LogP contribution in [0, 0.1) is 0 Å². The minimum Gasteiger partial charge on any atom is -0.497 e. The van der Waals surface area contributed by atoms with Crippen LogP contribution in [0.25, 0.3) is 16.5 Å². The molecule has 0 radical (unpaired) electrons. The summed E-state index contributed by atoms with van der Waals surface area (Å²) in [5, 5.41) is 13.3. The number of hydrogen-bond donors (Lipinski definition) is 3. The second-order valence-corrected chi connectivity index (χ2v) is 5.47. The van der Waals surface area contributed by atoms with Crippen LogP contribution in [0.3, 0.4) is 0 Å². The molecule has 0 atom stereocenters. The summed E-state index contributed by atoms with van der Waals surface area (Å²) in [6.07, 6.45) is 3.81. The molecule has 0 spiro atoms. The molecule has 0 aliphatic rings. The lowest BCUT2D eigenvalue weighted by molar-refractivity contribution is 0.0697. The summed E-state index contributed by atoms with van der Waals surface area (Å²) >= 11 is 0. The largest absolute Gasteiger partial charge is 0.497 e. The molecule has 24 heavy (non-hydrogen) atoms. The summed E-state index contributed by atoms with van der Waals surface area (Å²) in [7, 11) is 1.65. The molecule has 3 rings (SSSR count). The highest BCUT2D eigenvalue weighted by Gasteiger charge is 2.07. The minimum atomic E-state index is -0.942. The Balaban J connectivity index is 1.88. The average Bonchev–Trinajstić information content (AvgIpc) is 3.03. The molecule has 0 fully saturated rings. The van der Waals surface area contributed by atoms with Gasteiger partial charge in [-0.2, -0.15) is 0 Å². The molecular formula is C19H18N2O3. The zero-order valence-electron chi connectivity index (χ0n) is 13.5. The summed E-state index contributed by atoms with van der Waals surface area (Å²) in [5.41, 5.74) is 4.10. The van der Waals surface area contributed by atoms with Gasteiger partial charge in [0.15, 0.2) is 0 Å². The SMILES string of the molecule is COc1ccc2[nH]cc(/C(C)=C/Nc3cccc(C(=O)O)c3)c2c1. The zero-order valence-corrected chi connectivity index (χ0v) is 13.5. The maximum atomic E-state index is 11.0. The van der Waals surface area contributed by atoms with Gasteiger partial charge < -0.3 is 20.1 Å². The molecule has 0 amide bonds. The number of carboxylic acids is 1. The van der Waals surface area contributed by atoms with Crippen molar-refractivity contribution in [2.75, 3.05) is 12.4 Å². The van der Waals surface area contributed by atoms with Crippen molar-refractivity contribution in [2.45, 2.75) is 6.92 Å². The highest BCUT2D eigenvalue weighted by molar-refractivity contribution is 5.93. The number of hydrogen-bond acceptors (Lipinski definition) is 3. The van der Waals surface area contributed by atoms with E-state index in [1.54, 1.807) is 25.3 Å². The van der Waals surface area contributed by atoms with E-state index >= 15 is 0 Å². The van der Waals surface area contributed by atoms with Crippen molar-refractivity contribution in [3.8, 4) is 5.75 Å². The standard InChI is InChI=1S/C19H18N2O3/c1-12(10-20-14-5-3-4-13(8-14)19(22)23)17-11-21-18-7-6-15(24-2)9-16(17)18/h3-11,20-21H,1-2H3,(H,22,23)/b12-10+. The molecule has 1 heterocycles. The van der Waals surface area contributed by atoms with Gasteiger partial charge in [0.05, 0.1) is 12.7 Å². The van der Waals surface area contributed by atoms with Crippen LogP contribution in [-0.4, -0.2) is 23.2 Å². The van der Waals surface area contributed by atoms with Crippen LogP contribution in [0.1, 0.15) is 22.8 Å². The van der Waals surface area contributed by atoms with E-state index < -0.39 is 5.97 Å². The van der Waals surface area contributed by atoms with Gasteiger partial charge in [-0.3, -0.25) is 0 Å². The summed E-state index contributed by atoms with van der Waals surface area (Å²) in [6.45, 7) is 2.00. The smallest absolute Gasteiger partial charge is 0.335 e. The Morgan fingerprint density at radius 2 is 2.08 bits per heavy atom. The first-order chi connectivity index (χ1) is 11.6. The first-order valence-corrected chi connectivity index (χ1v) is 7.50. The Bertz CT molecular complexity index is 925. The molecule has 3 aromatic rings. The number of methoxy groups -OCH3 is 1. The molecule has 122 valence electrons. The first kappa shape index (κ1) is 15.7. The molecule has 5 heteroatoms. The van der Waals surface area contributed by atoms with Gasteiger partial charge in [0.25, 0.3) is 0 Å². The highest BCUT2D eigenvalue weighted by Crippen LogP contribution is 2.28. The number of allylic oxidation sites excluding steroid dienone is 1. The van der Waals surface area contributed by atoms with Gasteiger partial charge in [-0.1, -0.05) is 6.07 Å². The molecule has 0 saturated carbocycles. The van der Waals surface area contributed by atoms with Gasteiger partial charge >= 0.3 is 5.97 Å². The number of H-pyrrole nitrogens is 1. The fourth-order valence-corrected chi connectivity index (χ4v) is 2.56. The maximum Gasteiger partial charge on any atom is 0.335 e. The van der Waals surface area contributed by atoms with Gasteiger partial charge in [-0.15, -0.1) is 0 Å². The van der Waals surface area contributed by atoms with E-state index in [4.69, 9.17) is 9.84 Å². The van der Waals surface area contributed by atoms with Crippen molar-refractivity contribution in [1.82, 2.24) is 4.98 Å². The van der Waals surface area contributed by atoms with Crippen molar-refractivity contribution in [3.05, 3.63) is 66.0 Å². The number of fused-ring (bicyclic) bond motifs is 1. The summed E-state index contributed by atoms with van der Waals surface area (Å²) in [4.78, 5) is 14.3. The molecule has 0 aliphatic heterocycles. The molecule has 0 bridgehead atoms. The van der Waals surface area contributed by atoms with Gasteiger partial charge in [-0.25, -0.2) is 4.79 Å². The molecular weight excluding hydrogens is 304 g/mol. The van der Waals surface area contributed by atoms with Crippen molar-refractivity contribution >= 4 is 28.1 Å². The number of nitrogens with one attached hydrogen (secondary N) is 2. The predicted octanol–water partition coefficient (Wildman–Crippen LogP) is 4.35. The number of aromatic amines is 1. The number of carbonyl (C=O) groups is 1. The van der Waals surface area contributed by atoms with Crippen LogP contribution in [0.4, 0.5) is 5.69 Å². The maximum absolute atomic E-state index is 11.0. The topological polar surface area (TPSA) is 74.3 Å². The third kappa shape index (κ3) is 3.10. The van der Waals surface area contributed by atoms with Crippen LogP contribution in [0.5, 0.6) is 5.75 Å². The van der Waals surface area contributed by atoms with Crippen LogP contribution < -0.4 is 10.1 Å². The Morgan fingerprint density at radius 1 is 1.25 bits per heavy atom. The molecule has 0 unspecified atom stereocenters. The van der Waals surface area contributed by atoms with E-state index in [1.165, 1.54) is 0 Å². The summed E-state index contributed by atoms with van der Waals surface area (Å²) < 4.78 is 5.29. The van der Waals surface area contributed by atoms with Crippen LogP contribution >= 0.6 is 0 Å². The Kier molecular flexibility index (Phi) is 4.24. The number of carboxylic acid groups (broad SMARTS) is 1. The normalized spacial score (nSPS) is 11.5. The number of aromatic carboxylic acids is 1. The second-order valence-electron chi connectivity index (χ2n) is 5.47. The van der Waals surface area contributed by atoms with Crippen molar-refractivity contribution in [1.29, 1.82) is 0 Å². The van der Waals surface area contributed by atoms with E-state index in [-0.39, 0.29) is 5.56 Å². The molecule has 3 N–H and O–H groups in total. The third-order valence-corrected chi connectivity index (χ3v) is 3.88. The monoisotopic (exact) mass is 322 g/mol. The Hall–Kier alpha value is -3.21. The fraction of sp³-hybridized carbons (Fsp3) is 0.105. The number of anilines is 1. The lowest BCUT2D eigenvalue weighted by atomic mass is 10.1. The lowest BCUT2D eigenvalue weighted by Crippen LogP contribution is -1.97. The van der Waals surface area contributed by atoms with Crippen LogP contribution in [-0.2, 0) is 0 Å². The highest BCUT2D eigenvalue weighted by atomic mass is 16.5. The van der Waals surface area contributed by atoms with Crippen molar-refractivity contribution < 1.29 is 14.6 Å². The molecule has 2 aromatic carbocycles. The number of aromatic nitrogens is 1. The minimum absolute atomic E-state index is 0.253. The zero-order chi connectivity index (χ0) is 17.1. The quantitative estimate of drug-likeness (QED) is 0.653. The van der Waals surface area contributed by atoms with E-state index in [0.29, 0.717) is 0 Å². The third-order valence-electron chi connectivity index (χ3n) is 3.88. The van der Waals surface area contributed by atoms with Gasteiger partial charge in [0.1, 0.15) is 5.75 Å². The van der Waals surface area contributed by atoms with Gasteiger partial charge in [-0.05, 0) is 48.9 Å². The molecule has 1 aromatic heterocycles. The van der Waals surface area contributed by atoms with Crippen LogP contribution in [0.15, 0.2) is 54.9 Å². The van der Waals surface area contributed by atoms with Gasteiger partial charge in [0, 0.05) is 34.6 Å². The summed E-state index contributed by atoms with van der Waals surface area (Å²) in [5.74, 6) is -0.138. The second kappa shape index (κ2) is 6.50. The Labute approximate surface area is 139 Å².